The van der Waals surface area contributed by atoms with Crippen LogP contribution >= 0.6 is 11.6 Å². The van der Waals surface area contributed by atoms with Crippen LogP contribution in [0.15, 0.2) is 24.4 Å². The zero-order valence-electron chi connectivity index (χ0n) is 19.9. The number of piperidine rings is 1. The lowest BCUT2D eigenvalue weighted by molar-refractivity contribution is -0.153. The number of aliphatic hydroxyl groups is 1. The standard InChI is InChI=1S/C26H37ClN2O4/c1-3-4-5-6-7-14-29-15-12-26(13-16-29,25(31)32)11-10-23(30)24-20-17-19(33-2)8-9-22(20)28-18-21(24)27/h8-9,17-18,23,30H,3-7,10-16H2,1-2H3,(H,31,32)/t23-/m1/s1. The van der Waals surface area contributed by atoms with Gasteiger partial charge in [-0.3, -0.25) is 9.78 Å². The van der Waals surface area contributed by atoms with E-state index in [2.05, 4.69) is 16.8 Å². The highest BCUT2D eigenvalue weighted by Gasteiger charge is 2.41. The number of halogens is 1. The Balaban J connectivity index is 1.64. The Labute approximate surface area is 201 Å². The average molecular weight is 477 g/mol. The van der Waals surface area contributed by atoms with Gasteiger partial charge < -0.3 is 19.8 Å². The van der Waals surface area contributed by atoms with E-state index in [1.807, 2.05) is 18.2 Å². The van der Waals surface area contributed by atoms with Crippen molar-refractivity contribution in [1.82, 2.24) is 9.88 Å². The largest absolute Gasteiger partial charge is 0.497 e. The van der Waals surface area contributed by atoms with Gasteiger partial charge in [-0.25, -0.2) is 0 Å². The van der Waals surface area contributed by atoms with Crippen molar-refractivity contribution in [2.24, 2.45) is 5.41 Å². The molecule has 33 heavy (non-hydrogen) atoms. The second-order valence-electron chi connectivity index (χ2n) is 9.30. The molecule has 1 saturated heterocycles. The third kappa shape index (κ3) is 6.37. The number of carboxylic acids is 1. The van der Waals surface area contributed by atoms with Crippen LogP contribution in [0.5, 0.6) is 5.75 Å². The van der Waals surface area contributed by atoms with Crippen LogP contribution in [0.1, 0.15) is 76.4 Å². The predicted octanol–water partition coefficient (Wildman–Crippen LogP) is 5.85. The van der Waals surface area contributed by atoms with E-state index < -0.39 is 17.5 Å². The number of pyridine rings is 1. The van der Waals surface area contributed by atoms with Crippen LogP contribution in [-0.4, -0.2) is 52.8 Å². The Morgan fingerprint density at radius 1 is 1.24 bits per heavy atom. The van der Waals surface area contributed by atoms with E-state index in [-0.39, 0.29) is 0 Å². The molecule has 1 aliphatic rings. The molecule has 0 amide bonds. The summed E-state index contributed by atoms with van der Waals surface area (Å²) in [4.78, 5) is 19.0. The maximum Gasteiger partial charge on any atom is 0.309 e. The monoisotopic (exact) mass is 476 g/mol. The molecule has 0 bridgehead atoms. The van der Waals surface area contributed by atoms with E-state index in [9.17, 15) is 15.0 Å². The number of aliphatic hydroxyl groups excluding tert-OH is 1. The molecule has 1 atom stereocenters. The molecule has 2 heterocycles. The summed E-state index contributed by atoms with van der Waals surface area (Å²) in [5.74, 6) is -0.103. The molecule has 0 spiro atoms. The summed E-state index contributed by atoms with van der Waals surface area (Å²) in [6.45, 7) is 4.86. The Morgan fingerprint density at radius 3 is 2.64 bits per heavy atom. The number of carboxylic acid groups (broad SMARTS) is 1. The van der Waals surface area contributed by atoms with Gasteiger partial charge in [-0.2, -0.15) is 0 Å². The van der Waals surface area contributed by atoms with Crippen molar-refractivity contribution >= 4 is 28.5 Å². The van der Waals surface area contributed by atoms with E-state index in [1.165, 1.54) is 32.1 Å². The van der Waals surface area contributed by atoms with Crippen LogP contribution in [0.2, 0.25) is 5.02 Å². The summed E-state index contributed by atoms with van der Waals surface area (Å²) in [6, 6.07) is 5.46. The lowest BCUT2D eigenvalue weighted by Crippen LogP contribution is -2.44. The molecule has 0 unspecified atom stereocenters. The van der Waals surface area contributed by atoms with Crippen molar-refractivity contribution in [3.63, 3.8) is 0 Å². The Kier molecular flexibility index (Phi) is 9.36. The Bertz CT molecular complexity index is 928. The summed E-state index contributed by atoms with van der Waals surface area (Å²) in [7, 11) is 1.59. The first kappa shape index (κ1) is 25.7. The number of carbonyl (C=O) groups is 1. The maximum atomic E-state index is 12.3. The molecule has 182 valence electrons. The van der Waals surface area contributed by atoms with Crippen molar-refractivity contribution in [3.05, 3.63) is 35.0 Å². The van der Waals surface area contributed by atoms with Crippen molar-refractivity contribution in [2.75, 3.05) is 26.7 Å². The number of hydrogen-bond donors (Lipinski definition) is 2. The lowest BCUT2D eigenvalue weighted by atomic mass is 9.74. The number of ether oxygens (including phenoxy) is 1. The van der Waals surface area contributed by atoms with Crippen LogP contribution < -0.4 is 4.74 Å². The van der Waals surface area contributed by atoms with Crippen molar-refractivity contribution < 1.29 is 19.7 Å². The van der Waals surface area contributed by atoms with Crippen molar-refractivity contribution in [1.29, 1.82) is 0 Å². The third-order valence-electron chi connectivity index (χ3n) is 7.14. The fraction of sp³-hybridized carbons (Fsp3) is 0.615. The minimum atomic E-state index is -0.872. The van der Waals surface area contributed by atoms with Gasteiger partial charge in [0.05, 0.1) is 29.2 Å². The summed E-state index contributed by atoms with van der Waals surface area (Å²) >= 11 is 6.43. The summed E-state index contributed by atoms with van der Waals surface area (Å²) in [5.41, 5.74) is 0.507. The van der Waals surface area contributed by atoms with Gasteiger partial charge in [0.2, 0.25) is 0 Å². The second kappa shape index (κ2) is 12.0. The van der Waals surface area contributed by atoms with Gasteiger partial charge in [-0.15, -0.1) is 0 Å². The number of aliphatic carboxylic acids is 1. The number of hydrogen-bond acceptors (Lipinski definition) is 5. The first-order valence-corrected chi connectivity index (χ1v) is 12.5. The molecule has 1 aliphatic heterocycles. The number of likely N-dealkylation sites (tertiary alicyclic amines) is 1. The van der Waals surface area contributed by atoms with Crippen molar-refractivity contribution in [2.45, 2.75) is 70.8 Å². The number of aromatic nitrogens is 1. The van der Waals surface area contributed by atoms with Crippen LogP contribution in [-0.2, 0) is 4.79 Å². The number of nitrogens with zero attached hydrogens (tertiary/aromatic N) is 2. The molecule has 6 nitrogen and oxygen atoms in total. The maximum absolute atomic E-state index is 12.3. The second-order valence-corrected chi connectivity index (χ2v) is 9.71. The topological polar surface area (TPSA) is 82.9 Å². The molecule has 1 fully saturated rings. The van der Waals surface area contributed by atoms with E-state index in [1.54, 1.807) is 13.3 Å². The van der Waals surface area contributed by atoms with Gasteiger partial charge in [-0.05, 0) is 69.9 Å². The van der Waals surface area contributed by atoms with Crippen LogP contribution in [0, 0.1) is 5.41 Å². The molecule has 2 N–H and O–H groups in total. The quantitative estimate of drug-likeness (QED) is 0.374. The number of methoxy groups -OCH3 is 1. The number of benzene rings is 1. The third-order valence-corrected chi connectivity index (χ3v) is 7.44. The molecule has 1 aromatic heterocycles. The SMILES string of the molecule is CCCCCCCN1CCC(CC[C@@H](O)c2c(Cl)cnc3ccc(OC)cc23)(C(=O)O)CC1. The molecule has 7 heteroatoms. The normalized spacial score (nSPS) is 17.2. The first-order valence-electron chi connectivity index (χ1n) is 12.2. The smallest absolute Gasteiger partial charge is 0.309 e. The van der Waals surface area contributed by atoms with Crippen LogP contribution in [0.3, 0.4) is 0 Å². The fourth-order valence-corrected chi connectivity index (χ4v) is 5.18. The number of rotatable bonds is 12. The van der Waals surface area contributed by atoms with E-state index in [4.69, 9.17) is 16.3 Å². The zero-order chi connectivity index (χ0) is 23.8. The molecule has 0 saturated carbocycles. The Morgan fingerprint density at radius 2 is 1.97 bits per heavy atom. The lowest BCUT2D eigenvalue weighted by Gasteiger charge is -2.39. The minimum absolute atomic E-state index is 0.333. The summed E-state index contributed by atoms with van der Waals surface area (Å²) in [5, 5.41) is 22.3. The van der Waals surface area contributed by atoms with Gasteiger partial charge in [0.1, 0.15) is 5.75 Å². The average Bonchev–Trinajstić information content (AvgIpc) is 2.82. The molecule has 1 aromatic carbocycles. The Hall–Kier alpha value is -1.89. The zero-order valence-corrected chi connectivity index (χ0v) is 20.6. The molecule has 0 radical (unpaired) electrons. The van der Waals surface area contributed by atoms with Crippen molar-refractivity contribution in [3.8, 4) is 5.75 Å². The molecule has 0 aliphatic carbocycles. The van der Waals surface area contributed by atoms with E-state index >= 15 is 0 Å². The molecular formula is C26H37ClN2O4. The highest BCUT2D eigenvalue weighted by Crippen LogP contribution is 2.41. The molecule has 3 rings (SSSR count). The summed E-state index contributed by atoms with van der Waals surface area (Å²) < 4.78 is 5.32. The van der Waals surface area contributed by atoms with Crippen LogP contribution in [0.25, 0.3) is 10.9 Å². The summed E-state index contributed by atoms with van der Waals surface area (Å²) in [6.07, 6.45) is 8.87. The van der Waals surface area contributed by atoms with E-state index in [0.29, 0.717) is 42.0 Å². The van der Waals surface area contributed by atoms with Gasteiger partial charge in [0.15, 0.2) is 0 Å². The number of unbranched alkanes of at least 4 members (excludes halogenated alkanes) is 4. The van der Waals surface area contributed by atoms with Gasteiger partial charge in [0, 0.05) is 17.1 Å². The van der Waals surface area contributed by atoms with Gasteiger partial charge in [-0.1, -0.05) is 44.2 Å². The highest BCUT2D eigenvalue weighted by atomic mass is 35.5. The van der Waals surface area contributed by atoms with Gasteiger partial charge >= 0.3 is 5.97 Å². The number of fused-ring (bicyclic) bond motifs is 1. The van der Waals surface area contributed by atoms with Crippen LogP contribution in [0.4, 0.5) is 0 Å². The first-order chi connectivity index (χ1) is 15.9. The van der Waals surface area contributed by atoms with E-state index in [0.717, 1.165) is 30.5 Å². The molecular weight excluding hydrogens is 440 g/mol. The van der Waals surface area contributed by atoms with Gasteiger partial charge in [0.25, 0.3) is 0 Å². The highest BCUT2D eigenvalue weighted by molar-refractivity contribution is 6.32. The fourth-order valence-electron chi connectivity index (χ4n) is 4.91. The minimum Gasteiger partial charge on any atom is -0.497 e. The predicted molar refractivity (Wildman–Crippen MR) is 132 cm³/mol. The molecule has 2 aromatic rings.